The maximum atomic E-state index is 6.02. The number of nitrogens with zero attached hydrogens (tertiary/aromatic N) is 1. The van der Waals surface area contributed by atoms with Gasteiger partial charge in [-0.3, -0.25) is 0 Å². The molecule has 1 aromatic carbocycles. The van der Waals surface area contributed by atoms with Crippen LogP contribution in [0.1, 0.15) is 19.4 Å². The van der Waals surface area contributed by atoms with Gasteiger partial charge in [0.2, 0.25) is 0 Å². The van der Waals surface area contributed by atoms with E-state index in [4.69, 9.17) is 29.6 Å². The monoisotopic (exact) mass is 300 g/mol. The minimum absolute atomic E-state index is 0.408. The predicted octanol–water partition coefficient (Wildman–Crippen LogP) is 3.30. The molecule has 0 saturated carbocycles. The second-order valence-corrected chi connectivity index (χ2v) is 7.45. The molecule has 0 spiro atoms. The van der Waals surface area contributed by atoms with Crippen molar-refractivity contribution in [3.8, 4) is 0 Å². The van der Waals surface area contributed by atoms with Gasteiger partial charge in [0.25, 0.3) is 0 Å². The largest absolute Gasteiger partial charge is 0.389 e. The molecule has 2 unspecified atom stereocenters. The van der Waals surface area contributed by atoms with Crippen molar-refractivity contribution in [2.24, 2.45) is 5.73 Å². The number of halogens is 1. The van der Waals surface area contributed by atoms with Gasteiger partial charge in [0, 0.05) is 39.9 Å². The fraction of sp³-hybridized carbons (Fsp3) is 0.462. The zero-order valence-electron chi connectivity index (χ0n) is 10.5. The van der Waals surface area contributed by atoms with E-state index in [1.54, 1.807) is 0 Å². The van der Waals surface area contributed by atoms with Crippen LogP contribution in [0.25, 0.3) is 0 Å². The van der Waals surface area contributed by atoms with E-state index in [2.05, 4.69) is 18.7 Å². The Morgan fingerprint density at radius 3 is 2.56 bits per heavy atom. The van der Waals surface area contributed by atoms with Gasteiger partial charge in [-0.2, -0.15) is 11.8 Å². The SMILES string of the molecule is CC1CN(c2ccc(Cl)cc2C(N)=S)CC(C)S1. The molecule has 2 atom stereocenters. The first-order chi connectivity index (χ1) is 8.47. The van der Waals surface area contributed by atoms with Crippen molar-refractivity contribution in [2.75, 3.05) is 18.0 Å². The highest BCUT2D eigenvalue weighted by atomic mass is 35.5. The van der Waals surface area contributed by atoms with Gasteiger partial charge in [-0.25, -0.2) is 0 Å². The van der Waals surface area contributed by atoms with Gasteiger partial charge in [0.05, 0.1) is 0 Å². The van der Waals surface area contributed by atoms with Crippen LogP contribution in [0.2, 0.25) is 5.02 Å². The van der Waals surface area contributed by atoms with Gasteiger partial charge in [-0.15, -0.1) is 0 Å². The average molecular weight is 301 g/mol. The third-order valence-corrected chi connectivity index (χ3v) is 4.67. The summed E-state index contributed by atoms with van der Waals surface area (Å²) in [4.78, 5) is 2.77. The van der Waals surface area contributed by atoms with E-state index in [1.165, 1.54) is 0 Å². The molecule has 0 aromatic heterocycles. The molecule has 1 aliphatic rings. The summed E-state index contributed by atoms with van der Waals surface area (Å²) >= 11 is 13.2. The minimum atomic E-state index is 0.408. The summed E-state index contributed by atoms with van der Waals surface area (Å²) in [5, 5.41) is 1.90. The van der Waals surface area contributed by atoms with E-state index in [-0.39, 0.29) is 0 Å². The summed E-state index contributed by atoms with van der Waals surface area (Å²) in [6.45, 7) is 6.55. The Kier molecular flexibility index (Phi) is 4.41. The number of rotatable bonds is 2. The molecule has 98 valence electrons. The van der Waals surface area contributed by atoms with Crippen LogP contribution in [0.5, 0.6) is 0 Å². The lowest BCUT2D eigenvalue weighted by molar-refractivity contribution is 0.728. The highest BCUT2D eigenvalue weighted by Gasteiger charge is 2.24. The molecule has 2 rings (SSSR count). The highest BCUT2D eigenvalue weighted by Crippen LogP contribution is 2.31. The molecule has 0 aliphatic carbocycles. The summed E-state index contributed by atoms with van der Waals surface area (Å²) in [5.41, 5.74) is 7.78. The van der Waals surface area contributed by atoms with E-state index < -0.39 is 0 Å². The van der Waals surface area contributed by atoms with Crippen molar-refractivity contribution in [1.82, 2.24) is 0 Å². The molecular formula is C13H17ClN2S2. The van der Waals surface area contributed by atoms with E-state index >= 15 is 0 Å². The van der Waals surface area contributed by atoms with Crippen molar-refractivity contribution in [2.45, 2.75) is 24.3 Å². The third kappa shape index (κ3) is 3.11. The first-order valence-electron chi connectivity index (χ1n) is 5.97. The lowest BCUT2D eigenvalue weighted by Gasteiger charge is -2.37. The maximum Gasteiger partial charge on any atom is 0.106 e. The van der Waals surface area contributed by atoms with Gasteiger partial charge in [-0.1, -0.05) is 37.7 Å². The number of hydrogen-bond acceptors (Lipinski definition) is 3. The molecule has 1 aromatic rings. The highest BCUT2D eigenvalue weighted by molar-refractivity contribution is 8.00. The smallest absolute Gasteiger partial charge is 0.106 e. The number of thiocarbonyl (C=S) groups is 1. The van der Waals surface area contributed by atoms with E-state index in [1.807, 2.05) is 30.0 Å². The van der Waals surface area contributed by atoms with Crippen LogP contribution < -0.4 is 10.6 Å². The normalized spacial score (nSPS) is 24.1. The standard InChI is InChI=1S/C13H17ClN2S2/c1-8-6-16(7-9(2)18-8)12-4-3-10(14)5-11(12)13(15)17/h3-5,8-9H,6-7H2,1-2H3,(H2,15,17). The second kappa shape index (κ2) is 5.68. The maximum absolute atomic E-state index is 6.02. The Balaban J connectivity index is 2.35. The van der Waals surface area contributed by atoms with Crippen LogP contribution >= 0.6 is 35.6 Å². The summed E-state index contributed by atoms with van der Waals surface area (Å²) in [7, 11) is 0. The summed E-state index contributed by atoms with van der Waals surface area (Å²) in [6.07, 6.45) is 0. The van der Waals surface area contributed by atoms with Crippen molar-refractivity contribution in [3.63, 3.8) is 0 Å². The van der Waals surface area contributed by atoms with Crippen LogP contribution in [0.3, 0.4) is 0 Å². The Hall–Kier alpha value is -0.450. The van der Waals surface area contributed by atoms with E-state index in [0.717, 1.165) is 24.3 Å². The number of hydrogen-bond donors (Lipinski definition) is 1. The van der Waals surface area contributed by atoms with Gasteiger partial charge in [0.15, 0.2) is 0 Å². The number of anilines is 1. The number of benzene rings is 1. The summed E-state index contributed by atoms with van der Waals surface area (Å²) in [6, 6.07) is 5.78. The van der Waals surface area contributed by atoms with Crippen molar-refractivity contribution in [1.29, 1.82) is 0 Å². The van der Waals surface area contributed by atoms with Gasteiger partial charge in [-0.05, 0) is 18.2 Å². The Labute approximate surface area is 123 Å². The predicted molar refractivity (Wildman–Crippen MR) is 86.1 cm³/mol. The van der Waals surface area contributed by atoms with Crippen LogP contribution in [0.15, 0.2) is 18.2 Å². The molecule has 1 fully saturated rings. The average Bonchev–Trinajstić information content (AvgIpc) is 2.27. The summed E-state index contributed by atoms with van der Waals surface area (Å²) in [5.74, 6) is 0. The molecule has 0 radical (unpaired) electrons. The zero-order valence-corrected chi connectivity index (χ0v) is 12.9. The Morgan fingerprint density at radius 1 is 1.39 bits per heavy atom. The molecule has 0 bridgehead atoms. The molecule has 1 heterocycles. The van der Waals surface area contributed by atoms with Crippen LogP contribution in [0.4, 0.5) is 5.69 Å². The van der Waals surface area contributed by atoms with Gasteiger partial charge < -0.3 is 10.6 Å². The zero-order chi connectivity index (χ0) is 13.3. The molecule has 2 N–H and O–H groups in total. The fourth-order valence-electron chi connectivity index (χ4n) is 2.36. The number of nitrogens with two attached hydrogens (primary N) is 1. The topological polar surface area (TPSA) is 29.3 Å². The molecule has 18 heavy (non-hydrogen) atoms. The van der Waals surface area contributed by atoms with Crippen molar-refractivity contribution < 1.29 is 0 Å². The molecule has 0 amide bonds. The Bertz CT molecular complexity index is 454. The lowest BCUT2D eigenvalue weighted by atomic mass is 10.1. The van der Waals surface area contributed by atoms with E-state index in [9.17, 15) is 0 Å². The van der Waals surface area contributed by atoms with E-state index in [0.29, 0.717) is 20.5 Å². The number of thioether (sulfide) groups is 1. The third-order valence-electron chi connectivity index (χ3n) is 2.98. The van der Waals surface area contributed by atoms with Crippen LogP contribution in [-0.4, -0.2) is 28.6 Å². The molecule has 2 nitrogen and oxygen atoms in total. The van der Waals surface area contributed by atoms with Crippen molar-refractivity contribution >= 4 is 46.3 Å². The van der Waals surface area contributed by atoms with Crippen molar-refractivity contribution in [3.05, 3.63) is 28.8 Å². The van der Waals surface area contributed by atoms with Gasteiger partial charge in [0.1, 0.15) is 4.99 Å². The molecular weight excluding hydrogens is 284 g/mol. The molecule has 1 aliphatic heterocycles. The van der Waals surface area contributed by atoms with Crippen LogP contribution in [0, 0.1) is 0 Å². The first kappa shape index (κ1) is 14.0. The Morgan fingerprint density at radius 2 is 2.00 bits per heavy atom. The lowest BCUT2D eigenvalue weighted by Crippen LogP contribution is -2.41. The fourth-order valence-corrected chi connectivity index (χ4v) is 4.02. The quantitative estimate of drug-likeness (QED) is 0.849. The molecule has 5 heteroatoms. The summed E-state index contributed by atoms with van der Waals surface area (Å²) < 4.78 is 0. The minimum Gasteiger partial charge on any atom is -0.389 e. The molecule has 1 saturated heterocycles. The van der Waals surface area contributed by atoms with Crippen LogP contribution in [-0.2, 0) is 0 Å². The van der Waals surface area contributed by atoms with Gasteiger partial charge >= 0.3 is 0 Å². The first-order valence-corrected chi connectivity index (χ1v) is 7.70. The second-order valence-electron chi connectivity index (χ2n) is 4.69.